The highest BCUT2D eigenvalue weighted by atomic mass is 32.1. The van der Waals surface area contributed by atoms with Gasteiger partial charge in [0.2, 0.25) is 0 Å². The number of hydrogen-bond donors (Lipinski definition) is 1. The fourth-order valence-corrected chi connectivity index (χ4v) is 3.00. The SMILES string of the molecule is CCOc1ccc(C(=O)OCc2nc3ccsc3c(=O)[nH]2)cc1OC. The molecule has 0 aliphatic rings. The van der Waals surface area contributed by atoms with Crippen LogP contribution in [0.15, 0.2) is 34.4 Å². The van der Waals surface area contributed by atoms with E-state index in [9.17, 15) is 9.59 Å². The second-order valence-electron chi connectivity index (χ2n) is 5.02. The lowest BCUT2D eigenvalue weighted by Gasteiger charge is -2.10. The molecular weight excluding hydrogens is 344 g/mol. The van der Waals surface area contributed by atoms with Gasteiger partial charge in [0.1, 0.15) is 17.1 Å². The fourth-order valence-electron chi connectivity index (χ4n) is 2.28. The molecule has 0 bridgehead atoms. The van der Waals surface area contributed by atoms with Gasteiger partial charge in [-0.2, -0.15) is 0 Å². The molecule has 1 aromatic carbocycles. The summed E-state index contributed by atoms with van der Waals surface area (Å²) in [6, 6.07) is 6.54. The number of nitrogens with one attached hydrogen (secondary N) is 1. The Morgan fingerprint density at radius 2 is 2.12 bits per heavy atom. The van der Waals surface area contributed by atoms with Crippen LogP contribution in [0.2, 0.25) is 0 Å². The van der Waals surface area contributed by atoms with E-state index in [4.69, 9.17) is 14.2 Å². The number of hydrogen-bond acceptors (Lipinski definition) is 7. The summed E-state index contributed by atoms with van der Waals surface area (Å²) >= 11 is 1.31. The van der Waals surface area contributed by atoms with Gasteiger partial charge in [-0.05, 0) is 36.6 Å². The normalized spacial score (nSPS) is 10.6. The van der Waals surface area contributed by atoms with Crippen LogP contribution in [0.25, 0.3) is 10.2 Å². The van der Waals surface area contributed by atoms with E-state index in [1.54, 1.807) is 29.6 Å². The number of carbonyl (C=O) groups excluding carboxylic acids is 1. The summed E-state index contributed by atoms with van der Waals surface area (Å²) in [5, 5.41) is 1.79. The Morgan fingerprint density at radius 1 is 1.28 bits per heavy atom. The van der Waals surface area contributed by atoms with E-state index in [0.717, 1.165) is 0 Å². The van der Waals surface area contributed by atoms with E-state index in [1.165, 1.54) is 18.4 Å². The molecule has 130 valence electrons. The maximum Gasteiger partial charge on any atom is 0.338 e. The van der Waals surface area contributed by atoms with Gasteiger partial charge in [0, 0.05) is 0 Å². The maximum absolute atomic E-state index is 12.2. The largest absolute Gasteiger partial charge is 0.493 e. The number of methoxy groups -OCH3 is 1. The summed E-state index contributed by atoms with van der Waals surface area (Å²) < 4.78 is 16.4. The summed E-state index contributed by atoms with van der Waals surface area (Å²) in [6.07, 6.45) is 0. The van der Waals surface area contributed by atoms with Gasteiger partial charge < -0.3 is 19.2 Å². The van der Waals surface area contributed by atoms with Crippen molar-refractivity contribution >= 4 is 27.5 Å². The number of esters is 1. The summed E-state index contributed by atoms with van der Waals surface area (Å²) in [4.78, 5) is 31.0. The van der Waals surface area contributed by atoms with Crippen molar-refractivity contribution in [3.63, 3.8) is 0 Å². The van der Waals surface area contributed by atoms with Crippen LogP contribution in [-0.2, 0) is 11.3 Å². The predicted octanol–water partition coefficient (Wildman–Crippen LogP) is 2.75. The quantitative estimate of drug-likeness (QED) is 0.680. The minimum Gasteiger partial charge on any atom is -0.493 e. The van der Waals surface area contributed by atoms with E-state index in [1.807, 2.05) is 6.92 Å². The van der Waals surface area contributed by atoms with Gasteiger partial charge in [-0.15, -0.1) is 11.3 Å². The van der Waals surface area contributed by atoms with Gasteiger partial charge in [-0.1, -0.05) is 0 Å². The van der Waals surface area contributed by atoms with Crippen LogP contribution in [0.5, 0.6) is 11.5 Å². The van der Waals surface area contributed by atoms with E-state index >= 15 is 0 Å². The first-order chi connectivity index (χ1) is 12.1. The summed E-state index contributed by atoms with van der Waals surface area (Å²) in [7, 11) is 1.50. The van der Waals surface area contributed by atoms with Gasteiger partial charge >= 0.3 is 5.97 Å². The average molecular weight is 360 g/mol. The van der Waals surface area contributed by atoms with Crippen molar-refractivity contribution in [3.8, 4) is 11.5 Å². The van der Waals surface area contributed by atoms with Crippen molar-refractivity contribution in [2.24, 2.45) is 0 Å². The highest BCUT2D eigenvalue weighted by Gasteiger charge is 2.13. The highest BCUT2D eigenvalue weighted by Crippen LogP contribution is 2.28. The molecule has 0 fully saturated rings. The lowest BCUT2D eigenvalue weighted by atomic mass is 10.2. The van der Waals surface area contributed by atoms with Crippen LogP contribution in [-0.4, -0.2) is 29.7 Å². The monoisotopic (exact) mass is 360 g/mol. The van der Waals surface area contributed by atoms with Crippen LogP contribution >= 0.6 is 11.3 Å². The van der Waals surface area contributed by atoms with E-state index in [2.05, 4.69) is 9.97 Å². The summed E-state index contributed by atoms with van der Waals surface area (Å²) in [6.45, 7) is 2.22. The molecule has 0 spiro atoms. The van der Waals surface area contributed by atoms with Gasteiger partial charge in [0.15, 0.2) is 11.5 Å². The highest BCUT2D eigenvalue weighted by molar-refractivity contribution is 7.17. The minimum absolute atomic E-state index is 0.130. The van der Waals surface area contributed by atoms with E-state index in [0.29, 0.717) is 39.7 Å². The molecule has 0 saturated heterocycles. The fraction of sp³-hybridized carbons (Fsp3) is 0.235. The number of benzene rings is 1. The zero-order valence-electron chi connectivity index (χ0n) is 13.7. The molecular formula is C17H16N2O5S. The Hall–Kier alpha value is -2.87. The van der Waals surface area contributed by atoms with Gasteiger partial charge in [-0.3, -0.25) is 4.79 Å². The van der Waals surface area contributed by atoms with Crippen LogP contribution in [0.4, 0.5) is 0 Å². The average Bonchev–Trinajstić information content (AvgIpc) is 3.09. The number of ether oxygens (including phenoxy) is 3. The topological polar surface area (TPSA) is 90.5 Å². The first-order valence-corrected chi connectivity index (χ1v) is 8.44. The maximum atomic E-state index is 12.2. The van der Waals surface area contributed by atoms with Crippen molar-refractivity contribution in [1.29, 1.82) is 0 Å². The molecule has 8 heteroatoms. The number of carbonyl (C=O) groups is 1. The second kappa shape index (κ2) is 7.35. The molecule has 0 aliphatic carbocycles. The summed E-state index contributed by atoms with van der Waals surface area (Å²) in [5.41, 5.74) is 0.663. The molecule has 1 N–H and O–H groups in total. The van der Waals surface area contributed by atoms with Crippen LogP contribution < -0.4 is 15.0 Å². The smallest absolute Gasteiger partial charge is 0.338 e. The molecule has 7 nitrogen and oxygen atoms in total. The minimum atomic E-state index is -0.547. The number of nitrogens with zero attached hydrogens (tertiary/aromatic N) is 1. The van der Waals surface area contributed by atoms with E-state index in [-0.39, 0.29) is 12.2 Å². The summed E-state index contributed by atoms with van der Waals surface area (Å²) in [5.74, 6) is 0.745. The number of aromatic nitrogens is 2. The molecule has 0 atom stereocenters. The van der Waals surface area contributed by atoms with Crippen LogP contribution in [0, 0.1) is 0 Å². The van der Waals surface area contributed by atoms with Gasteiger partial charge in [0.05, 0.1) is 24.8 Å². The molecule has 0 unspecified atom stereocenters. The second-order valence-corrected chi connectivity index (χ2v) is 5.94. The lowest BCUT2D eigenvalue weighted by molar-refractivity contribution is 0.0462. The molecule has 2 aromatic heterocycles. The van der Waals surface area contributed by atoms with Gasteiger partial charge in [-0.25, -0.2) is 9.78 Å². The molecule has 2 heterocycles. The molecule has 0 amide bonds. The molecule has 25 heavy (non-hydrogen) atoms. The van der Waals surface area contributed by atoms with Crippen LogP contribution in [0.1, 0.15) is 23.1 Å². The molecule has 3 aromatic rings. The third-order valence-corrected chi connectivity index (χ3v) is 4.31. The molecule has 0 aliphatic heterocycles. The van der Waals surface area contributed by atoms with Crippen molar-refractivity contribution in [2.45, 2.75) is 13.5 Å². The Labute approximate surface area is 147 Å². The number of thiophene rings is 1. The Bertz CT molecular complexity index is 963. The lowest BCUT2D eigenvalue weighted by Crippen LogP contribution is -2.13. The zero-order valence-corrected chi connectivity index (χ0v) is 14.5. The number of fused-ring (bicyclic) bond motifs is 1. The number of H-pyrrole nitrogens is 1. The van der Waals surface area contributed by atoms with Crippen molar-refractivity contribution < 1.29 is 19.0 Å². The predicted molar refractivity (Wildman–Crippen MR) is 93.5 cm³/mol. The zero-order chi connectivity index (χ0) is 17.8. The third kappa shape index (κ3) is 3.63. The number of aromatic amines is 1. The third-order valence-electron chi connectivity index (χ3n) is 3.40. The Kier molecular flexibility index (Phi) is 4.99. The van der Waals surface area contributed by atoms with Crippen LogP contribution in [0.3, 0.4) is 0 Å². The number of rotatable bonds is 6. The first kappa shape index (κ1) is 17.0. The molecule has 0 radical (unpaired) electrons. The standard InChI is InChI=1S/C17H16N2O5S/c1-3-23-12-5-4-10(8-13(12)22-2)17(21)24-9-14-18-11-6-7-25-15(11)16(20)19-14/h4-8H,3,9H2,1-2H3,(H,18,19,20). The molecule has 3 rings (SSSR count). The van der Waals surface area contributed by atoms with E-state index < -0.39 is 5.97 Å². The van der Waals surface area contributed by atoms with Crippen molar-refractivity contribution in [3.05, 3.63) is 51.4 Å². The first-order valence-electron chi connectivity index (χ1n) is 7.56. The molecule has 0 saturated carbocycles. The Morgan fingerprint density at radius 3 is 2.88 bits per heavy atom. The van der Waals surface area contributed by atoms with Gasteiger partial charge in [0.25, 0.3) is 5.56 Å². The van der Waals surface area contributed by atoms with Crippen molar-refractivity contribution in [2.75, 3.05) is 13.7 Å². The van der Waals surface area contributed by atoms with Crippen molar-refractivity contribution in [1.82, 2.24) is 9.97 Å². The Balaban J connectivity index is 1.74.